The van der Waals surface area contributed by atoms with Crippen molar-refractivity contribution < 1.29 is 14.3 Å². The molecule has 0 unspecified atom stereocenters. The van der Waals surface area contributed by atoms with Crippen molar-refractivity contribution in [2.24, 2.45) is 0 Å². The Balaban J connectivity index is 3.24. The van der Waals surface area contributed by atoms with E-state index in [2.05, 4.69) is 5.32 Å². The van der Waals surface area contributed by atoms with Crippen LogP contribution in [0, 0.1) is 0 Å². The molecule has 0 fully saturated rings. The normalized spacial score (nSPS) is 10.4. The summed E-state index contributed by atoms with van der Waals surface area (Å²) in [6.45, 7) is 3.85. The van der Waals surface area contributed by atoms with Gasteiger partial charge < -0.3 is 15.0 Å². The van der Waals surface area contributed by atoms with Crippen molar-refractivity contribution in [3.8, 4) is 0 Å². The summed E-state index contributed by atoms with van der Waals surface area (Å²) in [6, 6.07) is 0. The maximum Gasteiger partial charge on any atom is 0.227 e. The predicted molar refractivity (Wildman–Crippen MR) is 57.7 cm³/mol. The second-order valence-electron chi connectivity index (χ2n) is 3.64. The van der Waals surface area contributed by atoms with E-state index in [0.29, 0.717) is 19.8 Å². The lowest BCUT2D eigenvalue weighted by Crippen LogP contribution is -2.29. The van der Waals surface area contributed by atoms with E-state index in [1.807, 2.05) is 19.0 Å². The molecular weight excluding hydrogens is 196 g/mol. The van der Waals surface area contributed by atoms with Crippen molar-refractivity contribution in [3.05, 3.63) is 0 Å². The average molecular weight is 216 g/mol. The number of hydrogen-bond donors (Lipinski definition) is 1. The molecule has 0 radical (unpaired) electrons. The first-order chi connectivity index (χ1) is 7.02. The van der Waals surface area contributed by atoms with Crippen molar-refractivity contribution in [1.29, 1.82) is 0 Å². The molecule has 0 aliphatic rings. The van der Waals surface area contributed by atoms with Gasteiger partial charge in [0.05, 0.1) is 19.6 Å². The molecule has 0 rings (SSSR count). The van der Waals surface area contributed by atoms with Gasteiger partial charge in [-0.3, -0.25) is 9.59 Å². The minimum Gasteiger partial charge on any atom is -0.378 e. The molecule has 0 aliphatic carbocycles. The van der Waals surface area contributed by atoms with Crippen LogP contribution >= 0.6 is 0 Å². The van der Waals surface area contributed by atoms with Crippen molar-refractivity contribution in [3.63, 3.8) is 0 Å². The molecule has 0 aliphatic heterocycles. The first-order valence-corrected chi connectivity index (χ1v) is 5.01. The summed E-state index contributed by atoms with van der Waals surface area (Å²) in [5, 5.41) is 2.60. The number of ether oxygens (including phenoxy) is 1. The van der Waals surface area contributed by atoms with Crippen molar-refractivity contribution in [1.82, 2.24) is 10.2 Å². The lowest BCUT2D eigenvalue weighted by molar-refractivity contribution is -0.127. The number of nitrogens with one attached hydrogen (secondary N) is 1. The van der Waals surface area contributed by atoms with Gasteiger partial charge in [0, 0.05) is 13.1 Å². The zero-order chi connectivity index (χ0) is 11.7. The van der Waals surface area contributed by atoms with Gasteiger partial charge >= 0.3 is 0 Å². The Hall–Kier alpha value is -0.940. The van der Waals surface area contributed by atoms with E-state index in [1.54, 1.807) is 0 Å². The van der Waals surface area contributed by atoms with Crippen LogP contribution in [-0.4, -0.2) is 57.0 Å². The summed E-state index contributed by atoms with van der Waals surface area (Å²) >= 11 is 0. The summed E-state index contributed by atoms with van der Waals surface area (Å²) in [6.07, 6.45) is -0.0440. The summed E-state index contributed by atoms with van der Waals surface area (Å²) in [7, 11) is 3.94. The number of amides is 1. The van der Waals surface area contributed by atoms with Gasteiger partial charge in [0.15, 0.2) is 0 Å². The number of hydrogen-bond acceptors (Lipinski definition) is 4. The third kappa shape index (κ3) is 11.0. The zero-order valence-corrected chi connectivity index (χ0v) is 9.71. The molecule has 0 bridgehead atoms. The number of ketones is 1. The molecule has 1 amide bonds. The summed E-state index contributed by atoms with van der Waals surface area (Å²) in [5.74, 6) is -0.361. The smallest absolute Gasteiger partial charge is 0.227 e. The highest BCUT2D eigenvalue weighted by Gasteiger charge is 2.03. The topological polar surface area (TPSA) is 58.6 Å². The van der Waals surface area contributed by atoms with Gasteiger partial charge in [-0.25, -0.2) is 0 Å². The quantitative estimate of drug-likeness (QED) is 0.445. The Morgan fingerprint density at radius 3 is 2.47 bits per heavy atom. The minimum absolute atomic E-state index is 0.0440. The van der Waals surface area contributed by atoms with Crippen molar-refractivity contribution in [2.45, 2.75) is 13.3 Å². The summed E-state index contributed by atoms with van der Waals surface area (Å²) < 4.78 is 5.26. The van der Waals surface area contributed by atoms with Gasteiger partial charge in [-0.2, -0.15) is 0 Å². The van der Waals surface area contributed by atoms with Crippen LogP contribution in [0.1, 0.15) is 13.3 Å². The molecule has 1 N–H and O–H groups in total. The van der Waals surface area contributed by atoms with Crippen molar-refractivity contribution in [2.75, 3.05) is 40.4 Å². The van der Waals surface area contributed by atoms with Crippen LogP contribution in [-0.2, 0) is 14.3 Å². The lowest BCUT2D eigenvalue weighted by atomic mass is 10.3. The van der Waals surface area contributed by atoms with Crippen LogP contribution in [0.2, 0.25) is 0 Å². The molecule has 15 heavy (non-hydrogen) atoms. The third-order valence-corrected chi connectivity index (χ3v) is 1.66. The Kier molecular flexibility index (Phi) is 7.85. The number of likely N-dealkylation sites (N-methyl/N-ethyl adjacent to an activating group) is 1. The Bertz CT molecular complexity index is 205. The molecule has 5 nitrogen and oxygen atoms in total. The molecule has 0 spiro atoms. The molecule has 0 saturated carbocycles. The van der Waals surface area contributed by atoms with Gasteiger partial charge in [0.25, 0.3) is 0 Å². The number of rotatable bonds is 8. The van der Waals surface area contributed by atoms with Gasteiger partial charge in [-0.1, -0.05) is 0 Å². The summed E-state index contributed by atoms with van der Waals surface area (Å²) in [5.41, 5.74) is 0. The molecule has 0 aromatic carbocycles. The van der Waals surface area contributed by atoms with Crippen LogP contribution in [0.4, 0.5) is 0 Å². The fourth-order valence-corrected chi connectivity index (χ4v) is 0.900. The monoisotopic (exact) mass is 216 g/mol. The van der Waals surface area contributed by atoms with Gasteiger partial charge in [-0.05, 0) is 21.0 Å². The van der Waals surface area contributed by atoms with Crippen LogP contribution in [0.25, 0.3) is 0 Å². The number of carbonyl (C=O) groups excluding carboxylic acids is 2. The predicted octanol–water partition coefficient (Wildman–Crippen LogP) is -0.340. The van der Waals surface area contributed by atoms with Crippen molar-refractivity contribution >= 4 is 11.7 Å². The van der Waals surface area contributed by atoms with E-state index in [-0.39, 0.29) is 18.1 Å². The number of carbonyl (C=O) groups is 2. The van der Waals surface area contributed by atoms with E-state index in [0.717, 1.165) is 6.54 Å². The zero-order valence-electron chi connectivity index (χ0n) is 9.71. The van der Waals surface area contributed by atoms with E-state index in [4.69, 9.17) is 4.74 Å². The minimum atomic E-state index is -0.237. The highest BCUT2D eigenvalue weighted by molar-refractivity contribution is 5.96. The molecule has 5 heteroatoms. The highest BCUT2D eigenvalue weighted by atomic mass is 16.5. The molecule has 0 aromatic rings. The van der Waals surface area contributed by atoms with Crippen LogP contribution in [0.3, 0.4) is 0 Å². The van der Waals surface area contributed by atoms with Crippen LogP contribution in [0.15, 0.2) is 0 Å². The summed E-state index contributed by atoms with van der Waals surface area (Å²) in [4.78, 5) is 23.6. The SMILES string of the molecule is CC(=O)CC(=O)NCCOCCN(C)C. The Labute approximate surface area is 90.8 Å². The Morgan fingerprint density at radius 2 is 1.93 bits per heavy atom. The van der Waals surface area contributed by atoms with E-state index in [1.165, 1.54) is 6.92 Å². The molecule has 0 aromatic heterocycles. The Morgan fingerprint density at radius 1 is 1.27 bits per heavy atom. The first-order valence-electron chi connectivity index (χ1n) is 5.01. The van der Waals surface area contributed by atoms with E-state index in [9.17, 15) is 9.59 Å². The van der Waals surface area contributed by atoms with E-state index >= 15 is 0 Å². The van der Waals surface area contributed by atoms with Crippen LogP contribution in [0.5, 0.6) is 0 Å². The fourth-order valence-electron chi connectivity index (χ4n) is 0.900. The number of Topliss-reactive ketones (excluding diaryl/α,β-unsaturated/α-hetero) is 1. The van der Waals surface area contributed by atoms with Gasteiger partial charge in [0.1, 0.15) is 5.78 Å². The molecule has 0 saturated heterocycles. The lowest BCUT2D eigenvalue weighted by Gasteiger charge is -2.10. The maximum absolute atomic E-state index is 11.0. The van der Waals surface area contributed by atoms with Crippen LogP contribution < -0.4 is 5.32 Å². The van der Waals surface area contributed by atoms with E-state index < -0.39 is 0 Å². The number of nitrogens with zero attached hydrogens (tertiary/aromatic N) is 1. The average Bonchev–Trinajstić information content (AvgIpc) is 2.09. The first kappa shape index (κ1) is 14.1. The van der Waals surface area contributed by atoms with Gasteiger partial charge in [-0.15, -0.1) is 0 Å². The van der Waals surface area contributed by atoms with Gasteiger partial charge in [0.2, 0.25) is 5.91 Å². The second-order valence-corrected chi connectivity index (χ2v) is 3.64. The molecule has 0 atom stereocenters. The molecular formula is C10H20N2O3. The molecule has 88 valence electrons. The maximum atomic E-state index is 11.0. The largest absolute Gasteiger partial charge is 0.378 e. The standard InChI is InChI=1S/C10H20N2O3/c1-9(13)8-10(14)11-4-6-15-7-5-12(2)3/h4-8H2,1-3H3,(H,11,14). The third-order valence-electron chi connectivity index (χ3n) is 1.66. The highest BCUT2D eigenvalue weighted by Crippen LogP contribution is 1.82. The molecule has 0 heterocycles. The second kappa shape index (κ2) is 8.38. The fraction of sp³-hybridized carbons (Fsp3) is 0.800.